The number of amides is 2. The minimum absolute atomic E-state index is 0.400. The molecule has 1 atom stereocenters. The number of carbonyl (C=O) groups excluding carboxylic acids is 2. The van der Waals surface area contributed by atoms with Crippen LogP contribution in [0, 0.1) is 0 Å². The van der Waals surface area contributed by atoms with E-state index in [1.54, 1.807) is 61.5 Å². The Hall–Kier alpha value is -3.02. The molecular formula is C17H18N2O4. The Labute approximate surface area is 134 Å². The Morgan fingerprint density at radius 2 is 1.52 bits per heavy atom. The lowest BCUT2D eigenvalue weighted by atomic mass is 10.2. The van der Waals surface area contributed by atoms with Crippen molar-refractivity contribution in [3.8, 4) is 11.5 Å². The van der Waals surface area contributed by atoms with E-state index in [0.29, 0.717) is 17.1 Å². The van der Waals surface area contributed by atoms with Crippen molar-refractivity contribution in [1.29, 1.82) is 0 Å². The van der Waals surface area contributed by atoms with E-state index in [1.165, 1.54) is 7.11 Å². The molecule has 0 spiro atoms. The molecule has 6 heteroatoms. The highest BCUT2D eigenvalue weighted by molar-refractivity contribution is 5.95. The van der Waals surface area contributed by atoms with E-state index in [-0.39, 0.29) is 0 Å². The molecule has 1 unspecified atom stereocenters. The highest BCUT2D eigenvalue weighted by Crippen LogP contribution is 2.26. The molecule has 0 bridgehead atoms. The third kappa shape index (κ3) is 4.47. The highest BCUT2D eigenvalue weighted by Gasteiger charge is 2.17. The SMILES string of the molecule is COc1ccccc1OC(C)C(=O)NNC(=O)c1ccccc1. The van der Waals surface area contributed by atoms with Crippen molar-refractivity contribution in [1.82, 2.24) is 10.9 Å². The summed E-state index contributed by atoms with van der Waals surface area (Å²) in [6.45, 7) is 1.58. The van der Waals surface area contributed by atoms with Crippen LogP contribution in [0.25, 0.3) is 0 Å². The van der Waals surface area contributed by atoms with Gasteiger partial charge in [0.25, 0.3) is 11.8 Å². The van der Waals surface area contributed by atoms with E-state index >= 15 is 0 Å². The van der Waals surface area contributed by atoms with Crippen LogP contribution in [0.1, 0.15) is 17.3 Å². The van der Waals surface area contributed by atoms with Crippen LogP contribution in [0.15, 0.2) is 54.6 Å². The van der Waals surface area contributed by atoms with Gasteiger partial charge in [-0.1, -0.05) is 30.3 Å². The summed E-state index contributed by atoms with van der Waals surface area (Å²) in [6, 6.07) is 15.6. The number of hydrazine groups is 1. The Kier molecular flexibility index (Phi) is 5.57. The van der Waals surface area contributed by atoms with E-state index in [0.717, 1.165) is 0 Å². The number of benzene rings is 2. The molecule has 6 nitrogen and oxygen atoms in total. The number of para-hydroxylation sites is 2. The zero-order valence-corrected chi connectivity index (χ0v) is 12.9. The van der Waals surface area contributed by atoms with Crippen molar-refractivity contribution >= 4 is 11.8 Å². The van der Waals surface area contributed by atoms with Crippen molar-refractivity contribution in [2.45, 2.75) is 13.0 Å². The van der Waals surface area contributed by atoms with Crippen LogP contribution < -0.4 is 20.3 Å². The summed E-state index contributed by atoms with van der Waals surface area (Å²) in [4.78, 5) is 23.8. The molecule has 0 aromatic heterocycles. The summed E-state index contributed by atoms with van der Waals surface area (Å²) in [7, 11) is 1.52. The first-order valence-corrected chi connectivity index (χ1v) is 7.06. The molecule has 0 aliphatic rings. The zero-order chi connectivity index (χ0) is 16.7. The summed E-state index contributed by atoms with van der Waals surface area (Å²) in [5, 5.41) is 0. The van der Waals surface area contributed by atoms with Crippen LogP contribution in [-0.2, 0) is 4.79 Å². The lowest BCUT2D eigenvalue weighted by molar-refractivity contribution is -0.128. The summed E-state index contributed by atoms with van der Waals surface area (Å²) < 4.78 is 10.7. The van der Waals surface area contributed by atoms with Gasteiger partial charge in [-0.25, -0.2) is 0 Å². The maximum atomic E-state index is 12.0. The second-order valence-electron chi connectivity index (χ2n) is 4.72. The van der Waals surface area contributed by atoms with Crippen molar-refractivity contribution in [3.63, 3.8) is 0 Å². The molecule has 0 saturated carbocycles. The lowest BCUT2D eigenvalue weighted by Gasteiger charge is -2.16. The maximum Gasteiger partial charge on any atom is 0.279 e. The normalized spacial score (nSPS) is 11.2. The number of nitrogens with one attached hydrogen (secondary N) is 2. The van der Waals surface area contributed by atoms with Gasteiger partial charge in [0.15, 0.2) is 17.6 Å². The molecule has 23 heavy (non-hydrogen) atoms. The molecule has 0 aliphatic carbocycles. The molecule has 2 N–H and O–H groups in total. The minimum Gasteiger partial charge on any atom is -0.493 e. The van der Waals surface area contributed by atoms with E-state index < -0.39 is 17.9 Å². The standard InChI is InChI=1S/C17H18N2O4/c1-12(23-15-11-7-6-10-14(15)22-2)16(20)18-19-17(21)13-8-4-3-5-9-13/h3-12H,1-2H3,(H,18,20)(H,19,21). The summed E-state index contributed by atoms with van der Waals surface area (Å²) >= 11 is 0. The van der Waals surface area contributed by atoms with Crippen LogP contribution >= 0.6 is 0 Å². The number of carbonyl (C=O) groups is 2. The Morgan fingerprint density at radius 3 is 2.17 bits per heavy atom. The van der Waals surface area contributed by atoms with E-state index in [4.69, 9.17) is 9.47 Å². The molecule has 2 aromatic carbocycles. The molecule has 0 aliphatic heterocycles. The summed E-state index contributed by atoms with van der Waals surface area (Å²) in [5.74, 6) is 0.108. The fourth-order valence-electron chi connectivity index (χ4n) is 1.84. The number of rotatable bonds is 5. The van der Waals surface area contributed by atoms with Gasteiger partial charge >= 0.3 is 0 Å². The number of ether oxygens (including phenoxy) is 2. The first-order valence-electron chi connectivity index (χ1n) is 7.06. The molecule has 0 heterocycles. The third-order valence-corrected chi connectivity index (χ3v) is 3.08. The third-order valence-electron chi connectivity index (χ3n) is 3.08. The van der Waals surface area contributed by atoms with Crippen molar-refractivity contribution in [2.75, 3.05) is 7.11 Å². The number of hydrogen-bond donors (Lipinski definition) is 2. The van der Waals surface area contributed by atoms with E-state index in [1.807, 2.05) is 0 Å². The van der Waals surface area contributed by atoms with Crippen LogP contribution in [0.4, 0.5) is 0 Å². The van der Waals surface area contributed by atoms with Crippen molar-refractivity contribution in [3.05, 3.63) is 60.2 Å². The molecule has 120 valence electrons. The monoisotopic (exact) mass is 314 g/mol. The first kappa shape index (κ1) is 16.4. The van der Waals surface area contributed by atoms with Gasteiger partial charge in [-0.05, 0) is 31.2 Å². The minimum atomic E-state index is -0.803. The van der Waals surface area contributed by atoms with E-state index in [9.17, 15) is 9.59 Å². The van der Waals surface area contributed by atoms with Crippen LogP contribution in [0.2, 0.25) is 0 Å². The Bertz CT molecular complexity index is 673. The predicted molar refractivity (Wildman–Crippen MR) is 85.1 cm³/mol. The smallest absolute Gasteiger partial charge is 0.279 e. The predicted octanol–water partition coefficient (Wildman–Crippen LogP) is 1.92. The lowest BCUT2D eigenvalue weighted by Crippen LogP contribution is -2.47. The van der Waals surface area contributed by atoms with Crippen LogP contribution in [-0.4, -0.2) is 25.0 Å². The van der Waals surface area contributed by atoms with Gasteiger partial charge in [0.1, 0.15) is 0 Å². The molecule has 0 radical (unpaired) electrons. The number of hydrogen-bond acceptors (Lipinski definition) is 4. The molecule has 2 rings (SSSR count). The van der Waals surface area contributed by atoms with Gasteiger partial charge in [-0.2, -0.15) is 0 Å². The quantitative estimate of drug-likeness (QED) is 0.827. The average molecular weight is 314 g/mol. The van der Waals surface area contributed by atoms with E-state index in [2.05, 4.69) is 10.9 Å². The van der Waals surface area contributed by atoms with Gasteiger partial charge < -0.3 is 9.47 Å². The van der Waals surface area contributed by atoms with Gasteiger partial charge in [-0.3, -0.25) is 20.4 Å². The second kappa shape index (κ2) is 7.84. The fourth-order valence-corrected chi connectivity index (χ4v) is 1.84. The zero-order valence-electron chi connectivity index (χ0n) is 12.9. The summed E-state index contributed by atoms with van der Waals surface area (Å²) in [6.07, 6.45) is -0.803. The molecule has 2 amide bonds. The van der Waals surface area contributed by atoms with Crippen molar-refractivity contribution < 1.29 is 19.1 Å². The molecule has 2 aromatic rings. The average Bonchev–Trinajstić information content (AvgIpc) is 2.60. The van der Waals surface area contributed by atoms with Crippen LogP contribution in [0.5, 0.6) is 11.5 Å². The van der Waals surface area contributed by atoms with Gasteiger partial charge in [0.2, 0.25) is 0 Å². The second-order valence-corrected chi connectivity index (χ2v) is 4.72. The number of methoxy groups -OCH3 is 1. The Balaban J connectivity index is 1.89. The van der Waals surface area contributed by atoms with Gasteiger partial charge in [-0.15, -0.1) is 0 Å². The molecule has 0 fully saturated rings. The highest BCUT2D eigenvalue weighted by atomic mass is 16.5. The maximum absolute atomic E-state index is 12.0. The topological polar surface area (TPSA) is 76.7 Å². The fraction of sp³-hybridized carbons (Fsp3) is 0.176. The summed E-state index contributed by atoms with van der Waals surface area (Å²) in [5.41, 5.74) is 5.13. The van der Waals surface area contributed by atoms with Gasteiger partial charge in [0.05, 0.1) is 7.11 Å². The largest absolute Gasteiger partial charge is 0.493 e. The van der Waals surface area contributed by atoms with Gasteiger partial charge in [0, 0.05) is 5.56 Å². The molecule has 0 saturated heterocycles. The van der Waals surface area contributed by atoms with Crippen LogP contribution in [0.3, 0.4) is 0 Å². The first-order chi connectivity index (χ1) is 11.1. The van der Waals surface area contributed by atoms with Crippen molar-refractivity contribution in [2.24, 2.45) is 0 Å². The molecular weight excluding hydrogens is 296 g/mol. The Morgan fingerprint density at radius 1 is 0.913 bits per heavy atom.